The van der Waals surface area contributed by atoms with Gasteiger partial charge < -0.3 is 20.9 Å². The fraction of sp³-hybridized carbons (Fsp3) is 0.308. The van der Waals surface area contributed by atoms with Gasteiger partial charge in [0.05, 0.1) is 11.3 Å². The van der Waals surface area contributed by atoms with E-state index in [1.807, 2.05) is 68.4 Å². The second kappa shape index (κ2) is 9.73. The number of hydrogen-bond donors (Lipinski definition) is 3. The zero-order chi connectivity index (χ0) is 22.5. The summed E-state index contributed by atoms with van der Waals surface area (Å²) in [5.41, 5.74) is 2.84. The molecule has 3 aromatic rings. The molecule has 6 nitrogen and oxygen atoms in total. The first kappa shape index (κ1) is 21.7. The summed E-state index contributed by atoms with van der Waals surface area (Å²) < 4.78 is 0. The van der Waals surface area contributed by atoms with Gasteiger partial charge in [-0.25, -0.2) is 4.79 Å². The van der Waals surface area contributed by atoms with Crippen LogP contribution < -0.4 is 20.9 Å². The minimum Gasteiger partial charge on any atom is -0.371 e. The van der Waals surface area contributed by atoms with Crippen LogP contribution in [0.4, 0.5) is 21.9 Å². The Morgan fingerprint density at radius 3 is 2.50 bits per heavy atom. The van der Waals surface area contributed by atoms with E-state index in [9.17, 15) is 9.59 Å². The number of carbonyl (C=O) groups is 2. The Morgan fingerprint density at radius 2 is 1.72 bits per heavy atom. The van der Waals surface area contributed by atoms with Gasteiger partial charge in [0.25, 0.3) is 5.91 Å². The Bertz CT molecular complexity index is 1120. The van der Waals surface area contributed by atoms with E-state index < -0.39 is 0 Å². The molecule has 0 aromatic heterocycles. The number of amides is 3. The number of nitrogens with zero attached hydrogens (tertiary/aromatic N) is 1. The Morgan fingerprint density at radius 1 is 0.969 bits per heavy atom. The molecule has 0 saturated carbocycles. The van der Waals surface area contributed by atoms with Crippen LogP contribution in [0.25, 0.3) is 10.8 Å². The van der Waals surface area contributed by atoms with Crippen molar-refractivity contribution in [3.05, 3.63) is 66.2 Å². The van der Waals surface area contributed by atoms with Crippen molar-refractivity contribution in [1.82, 2.24) is 5.32 Å². The van der Waals surface area contributed by atoms with Gasteiger partial charge in [-0.2, -0.15) is 0 Å². The summed E-state index contributed by atoms with van der Waals surface area (Å²) in [6.07, 6.45) is 3.11. The fourth-order valence-electron chi connectivity index (χ4n) is 4.05. The van der Waals surface area contributed by atoms with E-state index in [1.54, 1.807) is 6.07 Å². The molecule has 4 rings (SSSR count). The monoisotopic (exact) mass is 430 g/mol. The van der Waals surface area contributed by atoms with Crippen LogP contribution in [0.2, 0.25) is 0 Å². The van der Waals surface area contributed by atoms with E-state index >= 15 is 0 Å². The summed E-state index contributed by atoms with van der Waals surface area (Å²) >= 11 is 0. The number of fused-ring (bicyclic) bond motifs is 1. The van der Waals surface area contributed by atoms with Gasteiger partial charge >= 0.3 is 6.03 Å². The average Bonchev–Trinajstić information content (AvgIpc) is 3.34. The molecule has 1 saturated heterocycles. The first-order chi connectivity index (χ1) is 15.5. The Labute approximate surface area is 189 Å². The minimum absolute atomic E-state index is 0.0835. The summed E-state index contributed by atoms with van der Waals surface area (Å²) in [6.45, 7) is 5.92. The molecule has 3 amide bonds. The van der Waals surface area contributed by atoms with Crippen molar-refractivity contribution < 1.29 is 9.59 Å². The normalized spacial score (nSPS) is 14.2. The second-order valence-electron chi connectivity index (χ2n) is 8.31. The van der Waals surface area contributed by atoms with Gasteiger partial charge in [-0.15, -0.1) is 0 Å². The summed E-state index contributed by atoms with van der Waals surface area (Å²) in [6, 6.07) is 19.0. The lowest BCUT2D eigenvalue weighted by molar-refractivity contribution is 0.0939. The molecule has 0 radical (unpaired) electrons. The molecule has 3 aromatic carbocycles. The smallest absolute Gasteiger partial charge is 0.323 e. The molecule has 1 atom stereocenters. The van der Waals surface area contributed by atoms with Crippen molar-refractivity contribution in [2.75, 3.05) is 28.6 Å². The van der Waals surface area contributed by atoms with Gasteiger partial charge in [-0.3, -0.25) is 4.79 Å². The molecule has 1 fully saturated rings. The maximum Gasteiger partial charge on any atom is 0.323 e. The molecule has 166 valence electrons. The van der Waals surface area contributed by atoms with Gasteiger partial charge in [-0.05, 0) is 55.8 Å². The Hall–Kier alpha value is -3.54. The van der Waals surface area contributed by atoms with E-state index in [1.165, 1.54) is 0 Å². The van der Waals surface area contributed by atoms with E-state index in [-0.39, 0.29) is 18.0 Å². The standard InChI is InChI=1S/C26H30N4O2/c1-3-18(2)27-25(31)22-17-20(13-14-24(22)30-15-6-7-16-30)28-26(32)29-23-12-8-10-19-9-4-5-11-21(19)23/h4-5,8-14,17-18H,3,6-7,15-16H2,1-2H3,(H,27,31)(H2,28,29,32). The summed E-state index contributed by atoms with van der Waals surface area (Å²) in [5, 5.41) is 10.9. The number of urea groups is 1. The zero-order valence-corrected chi connectivity index (χ0v) is 18.7. The molecule has 1 unspecified atom stereocenters. The fourth-order valence-corrected chi connectivity index (χ4v) is 4.05. The van der Waals surface area contributed by atoms with Crippen LogP contribution in [0.5, 0.6) is 0 Å². The van der Waals surface area contributed by atoms with Gasteiger partial charge in [0, 0.05) is 35.9 Å². The first-order valence-electron chi connectivity index (χ1n) is 11.3. The second-order valence-corrected chi connectivity index (χ2v) is 8.31. The molecular weight excluding hydrogens is 400 g/mol. The number of benzene rings is 3. The van der Waals surface area contributed by atoms with Crippen molar-refractivity contribution >= 4 is 39.8 Å². The number of nitrogens with one attached hydrogen (secondary N) is 3. The SMILES string of the molecule is CCC(C)NC(=O)c1cc(NC(=O)Nc2cccc3ccccc23)ccc1N1CCCC1. The third kappa shape index (κ3) is 4.85. The molecule has 6 heteroatoms. The van der Waals surface area contributed by atoms with Crippen LogP contribution in [-0.2, 0) is 0 Å². The van der Waals surface area contributed by atoms with Gasteiger partial charge in [0.1, 0.15) is 0 Å². The van der Waals surface area contributed by atoms with Crippen LogP contribution in [0.1, 0.15) is 43.5 Å². The average molecular weight is 431 g/mol. The van der Waals surface area contributed by atoms with E-state index in [4.69, 9.17) is 0 Å². The van der Waals surface area contributed by atoms with Crippen LogP contribution in [0.15, 0.2) is 60.7 Å². The predicted octanol–water partition coefficient (Wildman–Crippen LogP) is 5.61. The van der Waals surface area contributed by atoms with Gasteiger partial charge in [-0.1, -0.05) is 43.3 Å². The lowest BCUT2D eigenvalue weighted by Crippen LogP contribution is -2.33. The molecule has 0 spiro atoms. The molecule has 1 heterocycles. The van der Waals surface area contributed by atoms with E-state index in [2.05, 4.69) is 20.9 Å². The summed E-state index contributed by atoms with van der Waals surface area (Å²) in [7, 11) is 0. The molecule has 32 heavy (non-hydrogen) atoms. The summed E-state index contributed by atoms with van der Waals surface area (Å²) in [4.78, 5) is 28.0. The van der Waals surface area contributed by atoms with Gasteiger partial charge in [0.15, 0.2) is 0 Å². The lowest BCUT2D eigenvalue weighted by atomic mass is 10.1. The number of anilines is 3. The molecule has 1 aliphatic rings. The number of hydrogen-bond acceptors (Lipinski definition) is 3. The number of carbonyl (C=O) groups excluding carboxylic acids is 2. The van der Waals surface area contributed by atoms with Crippen LogP contribution in [0, 0.1) is 0 Å². The third-order valence-corrected chi connectivity index (χ3v) is 5.97. The predicted molar refractivity (Wildman–Crippen MR) is 132 cm³/mol. The minimum atomic E-state index is -0.344. The van der Waals surface area contributed by atoms with Crippen molar-refractivity contribution in [2.45, 2.75) is 39.2 Å². The Kier molecular flexibility index (Phi) is 6.59. The van der Waals surface area contributed by atoms with Crippen molar-refractivity contribution in [3.63, 3.8) is 0 Å². The molecule has 0 bridgehead atoms. The highest BCUT2D eigenvalue weighted by Gasteiger charge is 2.21. The highest BCUT2D eigenvalue weighted by molar-refractivity contribution is 6.07. The zero-order valence-electron chi connectivity index (χ0n) is 18.7. The maximum atomic E-state index is 13.0. The van der Waals surface area contributed by atoms with Crippen molar-refractivity contribution in [3.8, 4) is 0 Å². The quantitative estimate of drug-likeness (QED) is 0.476. The van der Waals surface area contributed by atoms with Crippen LogP contribution in [0.3, 0.4) is 0 Å². The van der Waals surface area contributed by atoms with E-state index in [0.29, 0.717) is 11.3 Å². The van der Waals surface area contributed by atoms with Gasteiger partial charge in [0.2, 0.25) is 0 Å². The molecular formula is C26H30N4O2. The highest BCUT2D eigenvalue weighted by Crippen LogP contribution is 2.28. The van der Waals surface area contributed by atoms with E-state index in [0.717, 1.165) is 54.5 Å². The van der Waals surface area contributed by atoms with Crippen molar-refractivity contribution in [1.29, 1.82) is 0 Å². The van der Waals surface area contributed by atoms with Crippen molar-refractivity contribution in [2.24, 2.45) is 0 Å². The first-order valence-corrected chi connectivity index (χ1v) is 11.3. The topological polar surface area (TPSA) is 73.5 Å². The molecule has 0 aliphatic carbocycles. The largest absolute Gasteiger partial charge is 0.371 e. The molecule has 1 aliphatic heterocycles. The Balaban J connectivity index is 1.55. The molecule has 3 N–H and O–H groups in total. The highest BCUT2D eigenvalue weighted by atomic mass is 16.2. The van der Waals surface area contributed by atoms with Crippen LogP contribution >= 0.6 is 0 Å². The lowest BCUT2D eigenvalue weighted by Gasteiger charge is -2.23. The van der Waals surface area contributed by atoms with Crippen LogP contribution in [-0.4, -0.2) is 31.1 Å². The number of rotatable bonds is 6. The maximum absolute atomic E-state index is 13.0. The summed E-state index contributed by atoms with van der Waals surface area (Å²) in [5.74, 6) is -0.112. The third-order valence-electron chi connectivity index (χ3n) is 5.97.